The number of hydrogen-bond donors (Lipinski definition) is 0. The van der Waals surface area contributed by atoms with Crippen molar-refractivity contribution in [3.63, 3.8) is 0 Å². The Balaban J connectivity index is 1.72. The summed E-state index contributed by atoms with van der Waals surface area (Å²) >= 11 is 0. The minimum absolute atomic E-state index is 0.186. The van der Waals surface area contributed by atoms with Crippen molar-refractivity contribution in [1.82, 2.24) is 9.47 Å². The first kappa shape index (κ1) is 23.0. The fourth-order valence-electron chi connectivity index (χ4n) is 3.81. The van der Waals surface area contributed by atoms with E-state index in [9.17, 15) is 9.59 Å². The lowest BCUT2D eigenvalue weighted by Crippen LogP contribution is -2.36. The molecule has 0 saturated carbocycles. The molecule has 1 amide bonds. The van der Waals surface area contributed by atoms with E-state index in [4.69, 9.17) is 0 Å². The van der Waals surface area contributed by atoms with E-state index in [1.807, 2.05) is 84.6 Å². The molecule has 0 N–H and O–H groups in total. The predicted octanol–water partition coefficient (Wildman–Crippen LogP) is 5.43. The molecule has 0 saturated heterocycles. The molecule has 0 aliphatic rings. The Morgan fingerprint density at radius 1 is 0.794 bits per heavy atom. The second kappa shape index (κ2) is 11.1. The maximum absolute atomic E-state index is 14.0. The largest absolute Gasteiger partial charge is 0.333 e. The van der Waals surface area contributed by atoms with Gasteiger partial charge in [0, 0.05) is 25.4 Å². The summed E-state index contributed by atoms with van der Waals surface area (Å²) in [5, 5.41) is 0. The van der Waals surface area contributed by atoms with Gasteiger partial charge in [-0.1, -0.05) is 96.6 Å². The fraction of sp³-hybridized carbons (Fsp3) is 0.133. The maximum Gasteiger partial charge on any atom is 0.271 e. The van der Waals surface area contributed by atoms with Gasteiger partial charge in [-0.05, 0) is 42.2 Å². The first-order valence-corrected chi connectivity index (χ1v) is 11.4. The van der Waals surface area contributed by atoms with Crippen LogP contribution in [0.25, 0.3) is 11.8 Å². The molecule has 4 heteroatoms. The van der Waals surface area contributed by atoms with Gasteiger partial charge in [0.05, 0.1) is 0 Å². The Labute approximate surface area is 200 Å². The highest BCUT2D eigenvalue weighted by molar-refractivity contribution is 6.18. The first-order chi connectivity index (χ1) is 16.6. The van der Waals surface area contributed by atoms with Gasteiger partial charge in [-0.25, -0.2) is 0 Å². The van der Waals surface area contributed by atoms with E-state index >= 15 is 0 Å². The highest BCUT2D eigenvalue weighted by Crippen LogP contribution is 2.17. The topological polar surface area (TPSA) is 42.3 Å². The predicted molar refractivity (Wildman–Crippen MR) is 138 cm³/mol. The smallest absolute Gasteiger partial charge is 0.271 e. The molecule has 0 aliphatic carbocycles. The summed E-state index contributed by atoms with van der Waals surface area (Å²) in [5.74, 6) is -0.186. The Hall–Kier alpha value is -4.18. The molecule has 0 radical (unpaired) electrons. The highest BCUT2D eigenvalue weighted by Gasteiger charge is 2.21. The lowest BCUT2D eigenvalue weighted by Gasteiger charge is -2.25. The van der Waals surface area contributed by atoms with Crippen LogP contribution in [0.4, 0.5) is 0 Å². The monoisotopic (exact) mass is 448 g/mol. The summed E-state index contributed by atoms with van der Waals surface area (Å²) in [4.78, 5) is 28.5. The minimum atomic E-state index is -0.239. The molecule has 3 aromatic carbocycles. The van der Waals surface area contributed by atoms with Crippen molar-refractivity contribution in [3.05, 3.63) is 142 Å². The lowest BCUT2D eigenvalue weighted by molar-refractivity contribution is -0.126. The quantitative estimate of drug-likeness (QED) is 0.338. The molecule has 4 aromatic rings. The number of hydrogen-bond acceptors (Lipinski definition) is 2. The second-order valence-electron chi connectivity index (χ2n) is 8.30. The van der Waals surface area contributed by atoms with Gasteiger partial charge in [0.1, 0.15) is 5.70 Å². The standard InChI is InChI=1S/C30H28N2O2/c1-24-15-17-26(18-16-24)22-28(32-20-9-8-14-29(32)33)30(34)31(23-27-12-6-3-7-13-27)21-19-25-10-4-2-5-11-25/h2-18,20,22H,19,21,23H2,1H3/b28-22+. The number of carbonyl (C=O) groups excluding carboxylic acids is 1. The molecule has 1 heterocycles. The lowest BCUT2D eigenvalue weighted by atomic mass is 10.1. The van der Waals surface area contributed by atoms with Crippen LogP contribution in [0.15, 0.2) is 114 Å². The molecular formula is C30H28N2O2. The Morgan fingerprint density at radius 3 is 2.06 bits per heavy atom. The fourth-order valence-corrected chi connectivity index (χ4v) is 3.81. The van der Waals surface area contributed by atoms with Crippen LogP contribution in [0.2, 0.25) is 0 Å². The van der Waals surface area contributed by atoms with E-state index in [2.05, 4.69) is 12.1 Å². The summed E-state index contributed by atoms with van der Waals surface area (Å²) in [7, 11) is 0. The summed E-state index contributed by atoms with van der Waals surface area (Å²) in [5.41, 5.74) is 4.30. The third-order valence-corrected chi connectivity index (χ3v) is 5.70. The number of benzene rings is 3. The second-order valence-corrected chi connectivity index (χ2v) is 8.30. The van der Waals surface area contributed by atoms with Crippen LogP contribution < -0.4 is 5.56 Å². The minimum Gasteiger partial charge on any atom is -0.333 e. The van der Waals surface area contributed by atoms with Gasteiger partial charge in [-0.2, -0.15) is 0 Å². The van der Waals surface area contributed by atoms with E-state index in [0.717, 1.165) is 28.7 Å². The maximum atomic E-state index is 14.0. The van der Waals surface area contributed by atoms with Crippen LogP contribution in [0, 0.1) is 6.92 Å². The van der Waals surface area contributed by atoms with Gasteiger partial charge < -0.3 is 4.90 Å². The molecule has 0 bridgehead atoms. The van der Waals surface area contributed by atoms with Crippen LogP contribution in [0.1, 0.15) is 22.3 Å². The molecule has 4 nitrogen and oxygen atoms in total. The van der Waals surface area contributed by atoms with Gasteiger partial charge in [-0.15, -0.1) is 0 Å². The van der Waals surface area contributed by atoms with Crippen molar-refractivity contribution in [3.8, 4) is 0 Å². The number of rotatable bonds is 8. The van der Waals surface area contributed by atoms with E-state index in [1.165, 1.54) is 10.6 Å². The van der Waals surface area contributed by atoms with Gasteiger partial charge in [0.15, 0.2) is 0 Å². The van der Waals surface area contributed by atoms with Crippen molar-refractivity contribution in [1.29, 1.82) is 0 Å². The summed E-state index contributed by atoms with van der Waals surface area (Å²) < 4.78 is 1.43. The Morgan fingerprint density at radius 2 is 1.41 bits per heavy atom. The van der Waals surface area contributed by atoms with E-state index < -0.39 is 0 Å². The number of pyridine rings is 1. The molecule has 4 rings (SSSR count). The summed E-state index contributed by atoms with van der Waals surface area (Å²) in [6.45, 7) is 3.01. The van der Waals surface area contributed by atoms with Gasteiger partial charge in [0.25, 0.3) is 11.5 Å². The number of carbonyl (C=O) groups is 1. The number of amides is 1. The first-order valence-electron chi connectivity index (χ1n) is 11.4. The van der Waals surface area contributed by atoms with Crippen molar-refractivity contribution < 1.29 is 4.79 Å². The van der Waals surface area contributed by atoms with E-state index in [0.29, 0.717) is 18.8 Å². The summed E-state index contributed by atoms with van der Waals surface area (Å²) in [6.07, 6.45) is 4.17. The molecule has 0 unspecified atom stereocenters. The molecule has 0 aliphatic heterocycles. The van der Waals surface area contributed by atoms with E-state index in [1.54, 1.807) is 24.4 Å². The van der Waals surface area contributed by atoms with Gasteiger partial charge in [-0.3, -0.25) is 14.2 Å². The molecule has 34 heavy (non-hydrogen) atoms. The third-order valence-electron chi connectivity index (χ3n) is 5.70. The van der Waals surface area contributed by atoms with Crippen LogP contribution in [0.3, 0.4) is 0 Å². The van der Waals surface area contributed by atoms with Crippen LogP contribution >= 0.6 is 0 Å². The zero-order valence-electron chi connectivity index (χ0n) is 19.3. The SMILES string of the molecule is Cc1ccc(/C=C(\C(=O)N(CCc2ccccc2)Cc2ccccc2)n2ccccc2=O)cc1. The van der Waals surface area contributed by atoms with Crippen LogP contribution in [-0.4, -0.2) is 21.9 Å². The third kappa shape index (κ3) is 5.99. The average molecular weight is 449 g/mol. The van der Waals surface area contributed by atoms with Gasteiger partial charge in [0.2, 0.25) is 0 Å². The number of aromatic nitrogens is 1. The van der Waals surface area contributed by atoms with Gasteiger partial charge >= 0.3 is 0 Å². The molecule has 0 atom stereocenters. The Kier molecular flexibility index (Phi) is 7.51. The molecule has 170 valence electrons. The zero-order valence-corrected chi connectivity index (χ0v) is 19.3. The van der Waals surface area contributed by atoms with Crippen LogP contribution in [0.5, 0.6) is 0 Å². The number of aryl methyl sites for hydroxylation is 1. The van der Waals surface area contributed by atoms with Crippen molar-refractivity contribution in [2.45, 2.75) is 19.9 Å². The molecule has 0 spiro atoms. The molecule has 0 fully saturated rings. The van der Waals surface area contributed by atoms with Crippen molar-refractivity contribution in [2.75, 3.05) is 6.54 Å². The average Bonchev–Trinajstić information content (AvgIpc) is 2.87. The summed E-state index contributed by atoms with van der Waals surface area (Å²) in [6, 6.07) is 32.9. The molecular weight excluding hydrogens is 420 g/mol. The number of nitrogens with zero attached hydrogens (tertiary/aromatic N) is 2. The van der Waals surface area contributed by atoms with Crippen molar-refractivity contribution >= 4 is 17.7 Å². The van der Waals surface area contributed by atoms with Crippen LogP contribution in [-0.2, 0) is 17.8 Å². The normalized spacial score (nSPS) is 11.3. The molecule has 1 aromatic heterocycles. The van der Waals surface area contributed by atoms with Crippen molar-refractivity contribution in [2.24, 2.45) is 0 Å². The Bertz CT molecular complexity index is 1310. The highest BCUT2D eigenvalue weighted by atomic mass is 16.2. The van der Waals surface area contributed by atoms with E-state index in [-0.39, 0.29) is 11.5 Å². The zero-order chi connectivity index (χ0) is 23.8.